The van der Waals surface area contributed by atoms with Crippen molar-refractivity contribution >= 4 is 34.8 Å². The fraction of sp³-hybridized carbons (Fsp3) is 0.667. The second kappa shape index (κ2) is 13.3. The predicted molar refractivity (Wildman–Crippen MR) is 113 cm³/mol. The number of unbranched alkanes of at least 4 members (excludes halogenated alkanes) is 10. The van der Waals surface area contributed by atoms with Crippen molar-refractivity contribution in [3.63, 3.8) is 0 Å². The molecule has 3 nitrogen and oxygen atoms in total. The van der Waals surface area contributed by atoms with Crippen molar-refractivity contribution in [2.75, 3.05) is 5.32 Å². The molecule has 5 heteroatoms. The molecule has 2 N–H and O–H groups in total. The van der Waals surface area contributed by atoms with Crippen molar-refractivity contribution < 1.29 is 9.90 Å². The summed E-state index contributed by atoms with van der Waals surface area (Å²) in [4.78, 5) is 12.0. The number of benzene rings is 1. The third-order valence-corrected chi connectivity index (χ3v) is 5.56. The first-order valence-electron chi connectivity index (χ1n) is 9.94. The standard InChI is InChI=1S/C21H33Cl2NO2/c1-3-4-5-6-7-8-9-10-11-12-13-14-19(25)24-18-15-17(22)16(2)20(23)21(18)26/h15,26H,3-14H2,1-2H3,(H,24,25). The number of amides is 1. The van der Waals surface area contributed by atoms with Crippen molar-refractivity contribution in [3.8, 4) is 5.75 Å². The number of hydrogen-bond donors (Lipinski definition) is 2. The molecule has 148 valence electrons. The normalized spacial score (nSPS) is 10.9. The number of hydrogen-bond acceptors (Lipinski definition) is 2. The molecule has 1 aromatic rings. The lowest BCUT2D eigenvalue weighted by molar-refractivity contribution is -0.116. The average Bonchev–Trinajstić information content (AvgIpc) is 2.62. The van der Waals surface area contributed by atoms with E-state index in [1.165, 1.54) is 63.9 Å². The van der Waals surface area contributed by atoms with Crippen LogP contribution in [-0.4, -0.2) is 11.0 Å². The Labute approximate surface area is 168 Å². The summed E-state index contributed by atoms with van der Waals surface area (Å²) in [7, 11) is 0. The minimum Gasteiger partial charge on any atom is -0.504 e. The Bertz CT molecular complexity index is 561. The summed E-state index contributed by atoms with van der Waals surface area (Å²) in [6.07, 6.45) is 14.2. The lowest BCUT2D eigenvalue weighted by Crippen LogP contribution is -2.11. The quantitative estimate of drug-likeness (QED) is 0.263. The highest BCUT2D eigenvalue weighted by molar-refractivity contribution is 6.37. The monoisotopic (exact) mass is 401 g/mol. The smallest absolute Gasteiger partial charge is 0.224 e. The van der Waals surface area contributed by atoms with Gasteiger partial charge in [0.25, 0.3) is 0 Å². The highest BCUT2D eigenvalue weighted by Gasteiger charge is 2.14. The molecule has 0 spiro atoms. The van der Waals surface area contributed by atoms with E-state index in [0.717, 1.165) is 12.8 Å². The molecule has 0 aliphatic carbocycles. The van der Waals surface area contributed by atoms with Gasteiger partial charge in [0.05, 0.1) is 10.7 Å². The molecule has 0 aliphatic heterocycles. The fourth-order valence-corrected chi connectivity index (χ4v) is 3.42. The molecule has 0 saturated heterocycles. The Hall–Kier alpha value is -0.930. The van der Waals surface area contributed by atoms with Gasteiger partial charge in [-0.2, -0.15) is 0 Å². The van der Waals surface area contributed by atoms with Gasteiger partial charge >= 0.3 is 0 Å². The van der Waals surface area contributed by atoms with Crippen LogP contribution in [-0.2, 0) is 4.79 Å². The number of carbonyl (C=O) groups excluding carboxylic acids is 1. The van der Waals surface area contributed by atoms with Gasteiger partial charge in [-0.15, -0.1) is 0 Å². The second-order valence-corrected chi connectivity index (χ2v) is 7.81. The maximum Gasteiger partial charge on any atom is 0.224 e. The zero-order valence-corrected chi connectivity index (χ0v) is 17.7. The molecule has 0 saturated carbocycles. The number of halogens is 2. The predicted octanol–water partition coefficient (Wildman–Crippen LogP) is 7.65. The van der Waals surface area contributed by atoms with Gasteiger partial charge in [-0.3, -0.25) is 4.79 Å². The van der Waals surface area contributed by atoms with E-state index in [9.17, 15) is 9.90 Å². The zero-order valence-electron chi connectivity index (χ0n) is 16.2. The van der Waals surface area contributed by atoms with Crippen LogP contribution in [0.15, 0.2) is 6.07 Å². The zero-order chi connectivity index (χ0) is 19.4. The van der Waals surface area contributed by atoms with Crippen LogP contribution in [0.25, 0.3) is 0 Å². The molecule has 0 unspecified atom stereocenters. The number of anilines is 1. The van der Waals surface area contributed by atoms with Crippen LogP contribution in [0, 0.1) is 6.92 Å². The Kier molecular flexibility index (Phi) is 11.8. The average molecular weight is 402 g/mol. The van der Waals surface area contributed by atoms with Crippen LogP contribution >= 0.6 is 23.2 Å². The van der Waals surface area contributed by atoms with Crippen molar-refractivity contribution in [1.82, 2.24) is 0 Å². The summed E-state index contributed by atoms with van der Waals surface area (Å²) in [6.45, 7) is 3.97. The van der Waals surface area contributed by atoms with Crippen molar-refractivity contribution in [1.29, 1.82) is 0 Å². The van der Waals surface area contributed by atoms with Crippen LogP contribution in [0.3, 0.4) is 0 Å². The molecule has 0 aromatic heterocycles. The molecule has 0 aliphatic rings. The highest BCUT2D eigenvalue weighted by Crippen LogP contribution is 2.38. The van der Waals surface area contributed by atoms with Crippen LogP contribution in [0.1, 0.15) is 89.5 Å². The maximum absolute atomic E-state index is 12.0. The summed E-state index contributed by atoms with van der Waals surface area (Å²) in [5, 5.41) is 13.3. The molecule has 0 fully saturated rings. The van der Waals surface area contributed by atoms with Gasteiger partial charge in [0, 0.05) is 11.4 Å². The molecule has 1 amide bonds. The molecule has 0 atom stereocenters. The topological polar surface area (TPSA) is 49.3 Å². The van der Waals surface area contributed by atoms with E-state index in [4.69, 9.17) is 23.2 Å². The van der Waals surface area contributed by atoms with E-state index in [0.29, 0.717) is 17.0 Å². The first-order chi connectivity index (χ1) is 12.5. The molecular weight excluding hydrogens is 369 g/mol. The second-order valence-electron chi connectivity index (χ2n) is 7.03. The third-order valence-electron chi connectivity index (χ3n) is 4.70. The number of rotatable bonds is 13. The number of nitrogens with one attached hydrogen (secondary N) is 1. The molecule has 0 radical (unpaired) electrons. The van der Waals surface area contributed by atoms with Gasteiger partial charge in [0.1, 0.15) is 0 Å². The first kappa shape index (κ1) is 23.1. The minimum atomic E-state index is -0.124. The van der Waals surface area contributed by atoms with Gasteiger partial charge in [0.2, 0.25) is 5.91 Å². The lowest BCUT2D eigenvalue weighted by Gasteiger charge is -2.11. The van der Waals surface area contributed by atoms with Crippen molar-refractivity contribution in [2.45, 2.75) is 90.9 Å². The van der Waals surface area contributed by atoms with Crippen molar-refractivity contribution in [3.05, 3.63) is 21.7 Å². The van der Waals surface area contributed by atoms with Gasteiger partial charge in [-0.05, 0) is 25.0 Å². The van der Waals surface area contributed by atoms with E-state index < -0.39 is 0 Å². The number of carbonyl (C=O) groups is 1. The van der Waals surface area contributed by atoms with Crippen LogP contribution in [0.5, 0.6) is 5.75 Å². The Morgan fingerprint density at radius 2 is 1.46 bits per heavy atom. The van der Waals surface area contributed by atoms with Gasteiger partial charge in [0.15, 0.2) is 5.75 Å². The van der Waals surface area contributed by atoms with Crippen LogP contribution < -0.4 is 5.32 Å². The minimum absolute atomic E-state index is 0.118. The first-order valence-corrected chi connectivity index (χ1v) is 10.7. The van der Waals surface area contributed by atoms with Crippen LogP contribution in [0.4, 0.5) is 5.69 Å². The highest BCUT2D eigenvalue weighted by atomic mass is 35.5. The summed E-state index contributed by atoms with van der Waals surface area (Å²) < 4.78 is 0. The summed E-state index contributed by atoms with van der Waals surface area (Å²) in [6, 6.07) is 1.54. The van der Waals surface area contributed by atoms with E-state index in [-0.39, 0.29) is 22.4 Å². The molecule has 1 aromatic carbocycles. The fourth-order valence-electron chi connectivity index (χ4n) is 2.96. The molecule has 1 rings (SSSR count). The molecular formula is C21H33Cl2NO2. The SMILES string of the molecule is CCCCCCCCCCCCCC(=O)Nc1cc(Cl)c(C)c(Cl)c1O. The third kappa shape index (κ3) is 8.64. The number of phenols is 1. The van der Waals surface area contributed by atoms with E-state index in [2.05, 4.69) is 12.2 Å². The van der Waals surface area contributed by atoms with E-state index in [1.807, 2.05) is 0 Å². The van der Waals surface area contributed by atoms with Gasteiger partial charge in [-0.1, -0.05) is 94.3 Å². The molecule has 26 heavy (non-hydrogen) atoms. The van der Waals surface area contributed by atoms with Gasteiger partial charge < -0.3 is 10.4 Å². The molecule has 0 bridgehead atoms. The van der Waals surface area contributed by atoms with Gasteiger partial charge in [-0.25, -0.2) is 0 Å². The summed E-state index contributed by atoms with van der Waals surface area (Å²) in [5.41, 5.74) is 0.882. The van der Waals surface area contributed by atoms with E-state index in [1.54, 1.807) is 6.92 Å². The van der Waals surface area contributed by atoms with Crippen LogP contribution in [0.2, 0.25) is 10.0 Å². The Morgan fingerprint density at radius 3 is 2.00 bits per heavy atom. The maximum atomic E-state index is 12.0. The number of aromatic hydroxyl groups is 1. The number of phenolic OH excluding ortho intramolecular Hbond substituents is 1. The molecule has 0 heterocycles. The largest absolute Gasteiger partial charge is 0.504 e. The summed E-state index contributed by atoms with van der Waals surface area (Å²) >= 11 is 12.1. The Balaban J connectivity index is 2.13. The van der Waals surface area contributed by atoms with Crippen molar-refractivity contribution in [2.24, 2.45) is 0 Å². The summed E-state index contributed by atoms with van der Waals surface area (Å²) in [5.74, 6) is -0.243. The van der Waals surface area contributed by atoms with E-state index >= 15 is 0 Å². The lowest BCUT2D eigenvalue weighted by atomic mass is 10.1. The Morgan fingerprint density at radius 1 is 0.962 bits per heavy atom.